The Morgan fingerprint density at radius 2 is 1.96 bits per heavy atom. The summed E-state index contributed by atoms with van der Waals surface area (Å²) in [6, 6.07) is 12.3. The summed E-state index contributed by atoms with van der Waals surface area (Å²) in [7, 11) is 1.50. The van der Waals surface area contributed by atoms with Crippen LogP contribution in [0.15, 0.2) is 54.9 Å². The van der Waals surface area contributed by atoms with Crippen LogP contribution < -0.4 is 4.74 Å². The molecule has 0 radical (unpaired) electrons. The minimum atomic E-state index is -4.81. The van der Waals surface area contributed by atoms with Gasteiger partial charge in [-0.3, -0.25) is 4.79 Å². The van der Waals surface area contributed by atoms with Gasteiger partial charge in [-0.05, 0) is 34.7 Å². The molecule has 0 atom stereocenters. The first-order valence-electron chi connectivity index (χ1n) is 7.76. The van der Waals surface area contributed by atoms with Crippen molar-refractivity contribution >= 4 is 5.91 Å². The van der Waals surface area contributed by atoms with Crippen LogP contribution in [0.2, 0.25) is 0 Å². The van der Waals surface area contributed by atoms with Crippen molar-refractivity contribution in [3.8, 4) is 11.4 Å². The number of hydrogen-bond donors (Lipinski definition) is 0. The number of alkyl halides is 3. The third kappa shape index (κ3) is 4.60. The van der Waals surface area contributed by atoms with Gasteiger partial charge in [0.05, 0.1) is 5.69 Å². The van der Waals surface area contributed by atoms with Crippen LogP contribution >= 0.6 is 0 Å². The minimum absolute atomic E-state index is 0.0554. The van der Waals surface area contributed by atoms with E-state index in [0.717, 1.165) is 0 Å². The highest BCUT2D eigenvalue weighted by Crippen LogP contribution is 2.27. The summed E-state index contributed by atoms with van der Waals surface area (Å²) in [5.74, 6) is -0.709. The number of para-hydroxylation sites is 1. The zero-order valence-electron chi connectivity index (χ0n) is 14.1. The fourth-order valence-corrected chi connectivity index (χ4v) is 2.47. The van der Waals surface area contributed by atoms with Crippen LogP contribution in [-0.4, -0.2) is 44.4 Å². The van der Waals surface area contributed by atoms with Crippen LogP contribution in [-0.2, 0) is 6.54 Å². The number of amides is 1. The summed E-state index contributed by atoms with van der Waals surface area (Å²) in [5.41, 5.74) is 1.17. The fraction of sp³-hybridized carbons (Fsp3) is 0.176. The van der Waals surface area contributed by atoms with Gasteiger partial charge < -0.3 is 9.64 Å². The predicted molar refractivity (Wildman–Crippen MR) is 88.1 cm³/mol. The Hall–Kier alpha value is -3.43. The van der Waals surface area contributed by atoms with Gasteiger partial charge in [-0.1, -0.05) is 24.3 Å². The van der Waals surface area contributed by atoms with Crippen molar-refractivity contribution < 1.29 is 22.7 Å². The lowest BCUT2D eigenvalue weighted by molar-refractivity contribution is -0.275. The van der Waals surface area contributed by atoms with Gasteiger partial charge in [-0.2, -0.15) is 0 Å². The number of ether oxygens (including phenoxy) is 1. The van der Waals surface area contributed by atoms with E-state index in [0.29, 0.717) is 11.3 Å². The summed E-state index contributed by atoms with van der Waals surface area (Å²) in [6.07, 6.45) is -3.42. The molecule has 1 aromatic heterocycles. The van der Waals surface area contributed by atoms with Crippen molar-refractivity contribution in [2.45, 2.75) is 12.9 Å². The molecular formula is C17H14F3N5O2. The lowest BCUT2D eigenvalue weighted by Gasteiger charge is -2.20. The van der Waals surface area contributed by atoms with Crippen LogP contribution in [0.1, 0.15) is 15.9 Å². The molecule has 0 aliphatic carbocycles. The van der Waals surface area contributed by atoms with E-state index in [1.807, 2.05) is 0 Å². The van der Waals surface area contributed by atoms with E-state index in [9.17, 15) is 18.0 Å². The lowest BCUT2D eigenvalue weighted by Crippen LogP contribution is -2.27. The second kappa shape index (κ2) is 7.44. The average Bonchev–Trinajstić information content (AvgIpc) is 3.16. The van der Waals surface area contributed by atoms with Gasteiger partial charge in [0, 0.05) is 24.7 Å². The van der Waals surface area contributed by atoms with Gasteiger partial charge in [0.1, 0.15) is 12.1 Å². The molecular weight excluding hydrogens is 363 g/mol. The van der Waals surface area contributed by atoms with Crippen LogP contribution in [0.4, 0.5) is 13.2 Å². The number of aromatic nitrogens is 4. The standard InChI is InChI=1S/C17H14F3N5O2/c1-24(10-13-5-2-3-8-15(13)27-17(18,19)20)16(26)12-6-4-7-14(9-12)25-11-21-22-23-25/h2-9,11H,10H2,1H3. The molecule has 0 aliphatic heterocycles. The highest BCUT2D eigenvalue weighted by molar-refractivity contribution is 5.94. The van der Waals surface area contributed by atoms with Crippen LogP contribution in [0, 0.1) is 0 Å². The maximum atomic E-state index is 12.7. The van der Waals surface area contributed by atoms with Gasteiger partial charge in [-0.25, -0.2) is 4.68 Å². The summed E-state index contributed by atoms with van der Waals surface area (Å²) in [5, 5.41) is 10.8. The third-order valence-electron chi connectivity index (χ3n) is 3.66. The van der Waals surface area contributed by atoms with E-state index in [-0.39, 0.29) is 23.8 Å². The highest BCUT2D eigenvalue weighted by atomic mass is 19.4. The number of carbonyl (C=O) groups excluding carboxylic acids is 1. The van der Waals surface area contributed by atoms with Gasteiger partial charge in [0.25, 0.3) is 5.91 Å². The van der Waals surface area contributed by atoms with Crippen LogP contribution in [0.3, 0.4) is 0 Å². The number of hydrogen-bond acceptors (Lipinski definition) is 5. The van der Waals surface area contributed by atoms with E-state index in [1.54, 1.807) is 30.3 Å². The summed E-state index contributed by atoms with van der Waals surface area (Å²) in [4.78, 5) is 14.0. The second-order valence-electron chi connectivity index (χ2n) is 5.62. The van der Waals surface area contributed by atoms with Gasteiger partial charge in [0.15, 0.2) is 0 Å². The Balaban J connectivity index is 1.78. The molecule has 1 heterocycles. The maximum Gasteiger partial charge on any atom is 0.573 e. The molecule has 0 bridgehead atoms. The van der Waals surface area contributed by atoms with Crippen molar-refractivity contribution in [3.05, 3.63) is 66.0 Å². The number of halogens is 3. The lowest BCUT2D eigenvalue weighted by atomic mass is 10.1. The van der Waals surface area contributed by atoms with E-state index in [2.05, 4.69) is 20.3 Å². The normalized spacial score (nSPS) is 11.3. The van der Waals surface area contributed by atoms with Crippen molar-refractivity contribution in [2.24, 2.45) is 0 Å². The summed E-state index contributed by atoms with van der Waals surface area (Å²) < 4.78 is 43.0. The largest absolute Gasteiger partial charge is 0.573 e. The average molecular weight is 377 g/mol. The molecule has 3 rings (SSSR count). The monoisotopic (exact) mass is 377 g/mol. The Morgan fingerprint density at radius 3 is 2.67 bits per heavy atom. The Kier molecular flexibility index (Phi) is 5.06. The Labute approximate surface area is 152 Å². The number of rotatable bonds is 5. The van der Waals surface area contributed by atoms with Crippen molar-refractivity contribution in [2.75, 3.05) is 7.05 Å². The number of tetrazole rings is 1. The molecule has 7 nitrogen and oxygen atoms in total. The smallest absolute Gasteiger partial charge is 0.405 e. The second-order valence-corrected chi connectivity index (χ2v) is 5.62. The first kappa shape index (κ1) is 18.4. The van der Waals surface area contributed by atoms with Crippen molar-refractivity contribution in [1.82, 2.24) is 25.1 Å². The third-order valence-corrected chi connectivity index (χ3v) is 3.66. The topological polar surface area (TPSA) is 73.1 Å². The van der Waals surface area contributed by atoms with Crippen molar-refractivity contribution in [1.29, 1.82) is 0 Å². The van der Waals surface area contributed by atoms with Crippen LogP contribution in [0.5, 0.6) is 5.75 Å². The molecule has 0 saturated heterocycles. The van der Waals surface area contributed by atoms with Crippen LogP contribution in [0.25, 0.3) is 5.69 Å². The Morgan fingerprint density at radius 1 is 1.19 bits per heavy atom. The zero-order chi connectivity index (χ0) is 19.4. The van der Waals surface area contributed by atoms with E-state index in [4.69, 9.17) is 0 Å². The molecule has 2 aromatic carbocycles. The molecule has 0 saturated carbocycles. The van der Waals surface area contributed by atoms with E-state index < -0.39 is 6.36 Å². The van der Waals surface area contributed by atoms with Gasteiger partial charge in [0.2, 0.25) is 0 Å². The molecule has 0 aliphatic rings. The predicted octanol–water partition coefficient (Wildman–Crippen LogP) is 2.83. The zero-order valence-corrected chi connectivity index (χ0v) is 14.1. The van der Waals surface area contributed by atoms with Gasteiger partial charge in [-0.15, -0.1) is 18.3 Å². The molecule has 27 heavy (non-hydrogen) atoms. The Bertz CT molecular complexity index is 928. The van der Waals surface area contributed by atoms with Gasteiger partial charge >= 0.3 is 6.36 Å². The molecule has 140 valence electrons. The summed E-state index contributed by atoms with van der Waals surface area (Å²) >= 11 is 0. The molecule has 0 unspecified atom stereocenters. The van der Waals surface area contributed by atoms with E-state index >= 15 is 0 Å². The first-order chi connectivity index (χ1) is 12.8. The molecule has 0 N–H and O–H groups in total. The molecule has 10 heteroatoms. The summed E-state index contributed by atoms with van der Waals surface area (Å²) in [6.45, 7) is -0.0554. The molecule has 1 amide bonds. The maximum absolute atomic E-state index is 12.7. The van der Waals surface area contributed by atoms with E-state index in [1.165, 1.54) is 41.2 Å². The first-order valence-corrected chi connectivity index (χ1v) is 7.76. The number of carbonyl (C=O) groups is 1. The number of nitrogens with zero attached hydrogens (tertiary/aromatic N) is 5. The minimum Gasteiger partial charge on any atom is -0.405 e. The highest BCUT2D eigenvalue weighted by Gasteiger charge is 2.32. The fourth-order valence-electron chi connectivity index (χ4n) is 2.47. The SMILES string of the molecule is CN(Cc1ccccc1OC(F)(F)F)C(=O)c1cccc(-n2cnnn2)c1. The van der Waals surface area contributed by atoms with Crippen molar-refractivity contribution in [3.63, 3.8) is 0 Å². The molecule has 0 spiro atoms. The molecule has 0 fully saturated rings. The quantitative estimate of drug-likeness (QED) is 0.684. The number of benzene rings is 2. The molecule has 3 aromatic rings.